The van der Waals surface area contributed by atoms with Crippen LogP contribution < -0.4 is 40.6 Å². The van der Waals surface area contributed by atoms with Gasteiger partial charge in [0, 0.05) is 46.0 Å². The summed E-state index contributed by atoms with van der Waals surface area (Å²) in [5.41, 5.74) is 9.57. The standard InChI is InChI=1S/C16H22BrN3OSSi.C11H11BrN2O2S.C9H7BrN2O2S.C7H17NSi.Na.H2O/c1-23(2)7-5-10(6-8-23)18-14(21)12-11(17)13-16(19-12)22-15(20-13)9-3-4-9;1-2-16-11(15)8-6(12)7-10(14-8)17-9(13-7)5-3-4-5;10-4-5-8(12-6(4)9(13)14)15-7(11-5)3-1-2-3;1-9(2)5-3-7(8)4-6-9;;/h9-10,19H,3-8H2,1-2H3,(H,18,21);5,14H,2-4H2,1H3;3,12H,1-2H2,(H,13,14);7H,3-6,8H2,1-2H3;;1H2/q;;;;+1;/p-1. The number of nitrogens with two attached hydrogens (primary N) is 1. The normalized spacial score (nSPS) is 19.0. The summed E-state index contributed by atoms with van der Waals surface area (Å²) in [6.45, 7) is 12.0. The molecule has 0 unspecified atom stereocenters. The van der Waals surface area contributed by atoms with E-state index in [4.69, 9.17) is 20.6 Å². The molecule has 0 spiro atoms. The largest absolute Gasteiger partial charge is 1.00 e. The number of esters is 1. The molecule has 6 aromatic rings. The Balaban J connectivity index is 0.000000150. The summed E-state index contributed by atoms with van der Waals surface area (Å²) < 4.78 is 7.07. The van der Waals surface area contributed by atoms with Gasteiger partial charge in [0.25, 0.3) is 5.91 Å². The number of nitrogens with zero attached hydrogens (tertiary/aromatic N) is 3. The number of ether oxygens (including phenoxy) is 1. The zero-order chi connectivity index (χ0) is 45.7. The van der Waals surface area contributed by atoms with Crippen LogP contribution in [0.5, 0.6) is 0 Å². The minimum atomic E-state index is -0.977. The van der Waals surface area contributed by atoms with Gasteiger partial charge in [-0.05, 0) is 119 Å². The number of aromatic amines is 3. The van der Waals surface area contributed by atoms with E-state index in [0.29, 0.717) is 56.8 Å². The van der Waals surface area contributed by atoms with Crippen LogP contribution in [0.4, 0.5) is 0 Å². The Morgan fingerprint density at radius 2 is 1.03 bits per heavy atom. The van der Waals surface area contributed by atoms with Crippen LogP contribution >= 0.6 is 81.8 Å². The summed E-state index contributed by atoms with van der Waals surface area (Å²) >= 11 is 15.2. The predicted molar refractivity (Wildman–Crippen MR) is 278 cm³/mol. The monoisotopic (exact) mass is 1190 g/mol. The Hall–Kier alpha value is -1.29. The van der Waals surface area contributed by atoms with Gasteiger partial charge in [0.2, 0.25) is 0 Å². The van der Waals surface area contributed by atoms with Crippen molar-refractivity contribution in [2.75, 3.05) is 6.61 Å². The number of aromatic carboxylic acids is 1. The van der Waals surface area contributed by atoms with Crippen molar-refractivity contribution in [3.05, 3.63) is 45.5 Å². The smallest absolute Gasteiger partial charge is 0.870 e. The Morgan fingerprint density at radius 1 is 0.667 bits per heavy atom. The van der Waals surface area contributed by atoms with Gasteiger partial charge in [-0.3, -0.25) is 4.79 Å². The molecule has 1 amide bonds. The SMILES string of the molecule is CCOC(=O)c1[nH]c2sc(C3CC3)nc2c1Br.C[Si]1(C)CCC(N)CC1.C[Si]1(C)CCC(NC(=O)c2[nH]c3sc(C4CC4)nc3c2Br)CC1.O=C(O)c1[nH]c2sc(C3CC3)nc2c1Br.[Na+].[OH-]. The molecule has 23 heteroatoms. The summed E-state index contributed by atoms with van der Waals surface area (Å²) in [6.07, 6.45) is 12.2. The van der Waals surface area contributed by atoms with Gasteiger partial charge in [-0.1, -0.05) is 50.4 Å². The van der Waals surface area contributed by atoms with E-state index in [9.17, 15) is 14.4 Å². The third-order valence-electron chi connectivity index (χ3n) is 12.7. The van der Waals surface area contributed by atoms with Crippen LogP contribution in [0, 0.1) is 0 Å². The molecule has 0 bridgehead atoms. The molecule has 5 fully saturated rings. The maximum Gasteiger partial charge on any atom is 1.00 e. The van der Waals surface area contributed by atoms with Crippen LogP contribution in [0.2, 0.25) is 50.4 Å². The number of hydrogen-bond donors (Lipinski definition) is 6. The summed E-state index contributed by atoms with van der Waals surface area (Å²) in [4.78, 5) is 60.9. The van der Waals surface area contributed by atoms with Crippen LogP contribution in [0.15, 0.2) is 13.4 Å². The molecule has 354 valence electrons. The summed E-state index contributed by atoms with van der Waals surface area (Å²) in [7, 11) is -1.69. The molecule has 8 heterocycles. The maximum absolute atomic E-state index is 12.6. The number of carboxylic acids is 1. The topological polar surface area (TPSA) is 235 Å². The Bertz CT molecular complexity index is 2670. The number of fused-ring (bicyclic) bond motifs is 3. The molecular weight excluding hydrogens is 1140 g/mol. The third kappa shape index (κ3) is 13.2. The van der Waals surface area contributed by atoms with Gasteiger partial charge in [0.1, 0.15) is 48.1 Å². The predicted octanol–water partition coefficient (Wildman–Crippen LogP) is 9.91. The molecule has 2 aliphatic heterocycles. The van der Waals surface area contributed by atoms with Crippen molar-refractivity contribution in [3.8, 4) is 0 Å². The minimum Gasteiger partial charge on any atom is -0.870 e. The van der Waals surface area contributed by atoms with Gasteiger partial charge >= 0.3 is 41.5 Å². The Kier molecular flexibility index (Phi) is 18.4. The van der Waals surface area contributed by atoms with Gasteiger partial charge in [-0.15, -0.1) is 34.0 Å². The van der Waals surface area contributed by atoms with Gasteiger partial charge in [-0.2, -0.15) is 0 Å². The van der Waals surface area contributed by atoms with Gasteiger partial charge in [0.05, 0.1) is 35.0 Å². The van der Waals surface area contributed by atoms with Crippen LogP contribution in [0.1, 0.15) is 135 Å². The second-order valence-corrected chi connectivity index (χ2v) is 35.5. The van der Waals surface area contributed by atoms with Crippen molar-refractivity contribution in [1.29, 1.82) is 0 Å². The van der Waals surface area contributed by atoms with E-state index in [2.05, 4.69) is 104 Å². The first-order chi connectivity index (χ1) is 30.4. The first-order valence-corrected chi connectivity index (χ1v) is 34.1. The van der Waals surface area contributed by atoms with E-state index in [-0.39, 0.29) is 52.6 Å². The van der Waals surface area contributed by atoms with Crippen LogP contribution in [0.3, 0.4) is 0 Å². The Morgan fingerprint density at radius 3 is 1.39 bits per heavy atom. The average Bonchev–Trinajstić information content (AvgIpc) is 4.22. The fraction of sp³-hybridized carbons (Fsp3) is 0.581. The number of thiazole rings is 3. The molecule has 0 aromatic carbocycles. The number of carbonyl (C=O) groups excluding carboxylic acids is 2. The van der Waals surface area contributed by atoms with E-state index in [1.807, 2.05) is 0 Å². The van der Waals surface area contributed by atoms with Crippen molar-refractivity contribution in [3.63, 3.8) is 0 Å². The van der Waals surface area contributed by atoms with Crippen molar-refractivity contribution in [2.45, 2.75) is 151 Å². The van der Waals surface area contributed by atoms with E-state index in [1.165, 1.54) is 85.6 Å². The molecule has 5 aliphatic rings. The van der Waals surface area contributed by atoms with E-state index < -0.39 is 22.1 Å². The number of amides is 1. The number of aromatic nitrogens is 6. The zero-order valence-corrected chi connectivity index (χ0v) is 49.5. The number of halogens is 3. The second-order valence-electron chi connectivity index (χ2n) is 19.4. The fourth-order valence-corrected chi connectivity index (χ4v) is 18.5. The van der Waals surface area contributed by atoms with Gasteiger partial charge < -0.3 is 41.3 Å². The number of rotatable bonds is 8. The van der Waals surface area contributed by atoms with Crippen molar-refractivity contribution in [1.82, 2.24) is 35.2 Å². The first kappa shape index (κ1) is 54.1. The average molecular weight is 1200 g/mol. The number of carbonyl (C=O) groups is 3. The van der Waals surface area contributed by atoms with Gasteiger partial charge in [-0.25, -0.2) is 24.5 Å². The van der Waals surface area contributed by atoms with E-state index >= 15 is 0 Å². The number of carboxylic acid groups (broad SMARTS) is 1. The summed E-state index contributed by atoms with van der Waals surface area (Å²) in [6, 6.07) is 6.38. The molecule has 14 nitrogen and oxygen atoms in total. The van der Waals surface area contributed by atoms with Crippen LogP contribution in [-0.2, 0) is 4.74 Å². The number of hydrogen-bond acceptors (Lipinski definition) is 12. The van der Waals surface area contributed by atoms with Gasteiger partial charge in [0.15, 0.2) is 0 Å². The minimum absolute atomic E-state index is 0. The molecule has 0 atom stereocenters. The second kappa shape index (κ2) is 22.4. The molecule has 11 rings (SSSR count). The molecular formula is C43H58Br3N8NaO6S3Si2. The van der Waals surface area contributed by atoms with Crippen molar-refractivity contribution in [2.24, 2.45) is 5.73 Å². The molecule has 3 saturated carbocycles. The fourth-order valence-electron chi connectivity index (χ4n) is 7.96. The summed E-state index contributed by atoms with van der Waals surface area (Å²) in [5, 5.41) is 15.6. The zero-order valence-electron chi connectivity index (χ0n) is 38.3. The number of nitrogens with one attached hydrogen (secondary N) is 4. The van der Waals surface area contributed by atoms with E-state index in [1.54, 1.807) is 40.9 Å². The van der Waals surface area contributed by atoms with Crippen molar-refractivity contribution >= 4 is 147 Å². The quantitative estimate of drug-likeness (QED) is 0.0623. The first-order valence-electron chi connectivity index (χ1n) is 22.4. The van der Waals surface area contributed by atoms with Crippen LogP contribution in [-0.4, -0.2) is 93.2 Å². The summed E-state index contributed by atoms with van der Waals surface area (Å²) in [5.74, 6) is 0.605. The maximum atomic E-state index is 12.6. The molecule has 6 aromatic heterocycles. The molecule has 66 heavy (non-hydrogen) atoms. The molecule has 2 saturated heterocycles. The Labute approximate surface area is 446 Å². The van der Waals surface area contributed by atoms with Crippen LogP contribution in [0.25, 0.3) is 31.0 Å². The molecule has 8 N–H and O–H groups in total. The molecule has 0 radical (unpaired) electrons. The van der Waals surface area contributed by atoms with Crippen molar-refractivity contribution < 1.29 is 59.3 Å². The van der Waals surface area contributed by atoms with E-state index in [0.717, 1.165) is 53.4 Å². The number of H-pyrrole nitrogens is 3. The third-order valence-corrected chi connectivity index (χ3v) is 25.0. The molecule has 3 aliphatic carbocycles.